The van der Waals surface area contributed by atoms with Gasteiger partial charge in [0.1, 0.15) is 11.1 Å². The third kappa shape index (κ3) is 4.65. The van der Waals surface area contributed by atoms with Gasteiger partial charge in [0.05, 0.1) is 19.3 Å². The molecule has 0 aliphatic rings. The van der Waals surface area contributed by atoms with E-state index in [4.69, 9.17) is 0 Å². The van der Waals surface area contributed by atoms with Gasteiger partial charge < -0.3 is 15.2 Å². The van der Waals surface area contributed by atoms with Gasteiger partial charge in [0.25, 0.3) is 0 Å². The van der Waals surface area contributed by atoms with E-state index in [9.17, 15) is 36.6 Å². The number of aliphatic hydroxyl groups is 1. The van der Waals surface area contributed by atoms with Crippen molar-refractivity contribution in [2.75, 3.05) is 13.2 Å². The maximum atomic E-state index is 14.0. The van der Waals surface area contributed by atoms with Crippen molar-refractivity contribution in [3.8, 4) is 0 Å². The number of benzene rings is 2. The third-order valence-corrected chi connectivity index (χ3v) is 3.99. The molecule has 0 unspecified atom stereocenters. The maximum absolute atomic E-state index is 14.0. The molecular formula is C20H16F5NO4. The predicted octanol–water partition coefficient (Wildman–Crippen LogP) is 3.34. The third-order valence-electron chi connectivity index (χ3n) is 3.99. The van der Waals surface area contributed by atoms with Crippen molar-refractivity contribution < 1.29 is 41.4 Å². The molecule has 0 heterocycles. The molecule has 0 saturated heterocycles. The van der Waals surface area contributed by atoms with E-state index in [1.807, 2.05) is 0 Å². The lowest BCUT2D eigenvalue weighted by atomic mass is 10.0. The summed E-state index contributed by atoms with van der Waals surface area (Å²) in [6.45, 7) is 0.641. The van der Waals surface area contributed by atoms with E-state index in [1.165, 1.54) is 6.92 Å². The normalized spacial score (nSPS) is 12.4. The van der Waals surface area contributed by atoms with Gasteiger partial charge in [-0.15, -0.1) is 0 Å². The van der Waals surface area contributed by atoms with Crippen LogP contribution >= 0.6 is 0 Å². The number of halogens is 5. The van der Waals surface area contributed by atoms with Crippen LogP contribution in [0.15, 0.2) is 42.1 Å². The highest BCUT2D eigenvalue weighted by atomic mass is 19.2. The zero-order valence-corrected chi connectivity index (χ0v) is 15.5. The summed E-state index contributed by atoms with van der Waals surface area (Å²) in [7, 11) is 0. The van der Waals surface area contributed by atoms with Crippen LogP contribution < -0.4 is 5.32 Å². The monoisotopic (exact) mass is 429 g/mol. The standard InChI is InChI=1S/C20H16F5NO4/c1-2-30-20(29)11(8-26-12(9-27)10-6-4-3-5-7-10)19(28)13-14(21)16(23)18(25)17(24)15(13)22/h3-8,12,26-27H,2,9H2,1H3/t12-/m0/s1. The van der Waals surface area contributed by atoms with Crippen molar-refractivity contribution in [3.63, 3.8) is 0 Å². The van der Waals surface area contributed by atoms with Crippen LogP contribution in [0.4, 0.5) is 22.0 Å². The average Bonchev–Trinajstić information content (AvgIpc) is 2.74. The topological polar surface area (TPSA) is 75.6 Å². The summed E-state index contributed by atoms with van der Waals surface area (Å²) in [5.41, 5.74) is -2.29. The summed E-state index contributed by atoms with van der Waals surface area (Å²) in [6, 6.07) is 7.37. The van der Waals surface area contributed by atoms with E-state index in [1.54, 1.807) is 30.3 Å². The molecule has 2 aromatic rings. The van der Waals surface area contributed by atoms with Crippen LogP contribution in [0.25, 0.3) is 0 Å². The molecule has 0 bridgehead atoms. The molecular weight excluding hydrogens is 413 g/mol. The Labute approximate surface area is 167 Å². The molecule has 0 saturated carbocycles. The van der Waals surface area contributed by atoms with Crippen molar-refractivity contribution in [1.29, 1.82) is 0 Å². The van der Waals surface area contributed by atoms with Crippen LogP contribution in [0.3, 0.4) is 0 Å². The van der Waals surface area contributed by atoms with Gasteiger partial charge in [-0.05, 0) is 12.5 Å². The van der Waals surface area contributed by atoms with Crippen LogP contribution in [0.5, 0.6) is 0 Å². The number of carbonyl (C=O) groups is 2. The summed E-state index contributed by atoms with van der Waals surface area (Å²) >= 11 is 0. The van der Waals surface area contributed by atoms with Gasteiger partial charge in [0.15, 0.2) is 23.3 Å². The number of ketones is 1. The van der Waals surface area contributed by atoms with Gasteiger partial charge in [0.2, 0.25) is 11.6 Å². The number of carbonyl (C=O) groups excluding carboxylic acids is 2. The Morgan fingerprint density at radius 3 is 2.03 bits per heavy atom. The first-order chi connectivity index (χ1) is 14.2. The molecule has 160 valence electrons. The molecule has 1 atom stereocenters. The number of hydrogen-bond acceptors (Lipinski definition) is 5. The number of rotatable bonds is 8. The number of Topliss-reactive ketones (excluding diaryl/α,β-unsaturated/α-hetero) is 1. The lowest BCUT2D eigenvalue weighted by Gasteiger charge is -2.16. The highest BCUT2D eigenvalue weighted by molar-refractivity contribution is 6.24. The summed E-state index contributed by atoms with van der Waals surface area (Å²) < 4.78 is 72.8. The molecule has 2 N–H and O–H groups in total. The Bertz CT molecular complexity index is 950. The lowest BCUT2D eigenvalue weighted by molar-refractivity contribution is -0.138. The van der Waals surface area contributed by atoms with Crippen LogP contribution in [-0.2, 0) is 9.53 Å². The molecule has 0 aliphatic carbocycles. The first kappa shape index (κ1) is 23.0. The molecule has 0 radical (unpaired) electrons. The van der Waals surface area contributed by atoms with Crippen LogP contribution in [-0.4, -0.2) is 30.1 Å². The quantitative estimate of drug-likeness (QED) is 0.0984. The van der Waals surface area contributed by atoms with Crippen molar-refractivity contribution in [2.24, 2.45) is 0 Å². The minimum absolute atomic E-state index is 0.233. The highest BCUT2D eigenvalue weighted by Crippen LogP contribution is 2.25. The van der Waals surface area contributed by atoms with Crippen molar-refractivity contribution in [1.82, 2.24) is 5.32 Å². The first-order valence-corrected chi connectivity index (χ1v) is 8.59. The van der Waals surface area contributed by atoms with E-state index in [2.05, 4.69) is 10.1 Å². The van der Waals surface area contributed by atoms with E-state index in [-0.39, 0.29) is 6.61 Å². The van der Waals surface area contributed by atoms with E-state index < -0.39 is 64.6 Å². The Hall–Kier alpha value is -3.27. The average molecular weight is 429 g/mol. The van der Waals surface area contributed by atoms with Gasteiger partial charge in [0, 0.05) is 6.20 Å². The van der Waals surface area contributed by atoms with Gasteiger partial charge in [-0.2, -0.15) is 0 Å². The number of ether oxygens (including phenoxy) is 1. The Balaban J connectivity index is 2.51. The second-order valence-electron chi connectivity index (χ2n) is 5.87. The SMILES string of the molecule is CCOC(=O)C(=CN[C@@H](CO)c1ccccc1)C(=O)c1c(F)c(F)c(F)c(F)c1F. The minimum atomic E-state index is -2.44. The molecule has 0 aliphatic heterocycles. The van der Waals surface area contributed by atoms with E-state index >= 15 is 0 Å². The second-order valence-corrected chi connectivity index (χ2v) is 5.87. The molecule has 0 spiro atoms. The summed E-state index contributed by atoms with van der Waals surface area (Å²) in [4.78, 5) is 24.7. The van der Waals surface area contributed by atoms with Crippen molar-refractivity contribution in [3.05, 3.63) is 82.3 Å². The molecule has 30 heavy (non-hydrogen) atoms. The zero-order chi connectivity index (χ0) is 22.4. The van der Waals surface area contributed by atoms with Gasteiger partial charge in [-0.25, -0.2) is 26.7 Å². The number of esters is 1. The lowest BCUT2D eigenvalue weighted by Crippen LogP contribution is -2.25. The van der Waals surface area contributed by atoms with Crippen molar-refractivity contribution >= 4 is 11.8 Å². The first-order valence-electron chi connectivity index (χ1n) is 8.59. The smallest absolute Gasteiger partial charge is 0.343 e. The fourth-order valence-electron chi connectivity index (χ4n) is 2.49. The summed E-state index contributed by atoms with van der Waals surface area (Å²) in [5.74, 6) is -15.0. The zero-order valence-electron chi connectivity index (χ0n) is 15.5. The molecule has 10 heteroatoms. The summed E-state index contributed by atoms with van der Waals surface area (Å²) in [5, 5.41) is 12.0. The van der Waals surface area contributed by atoms with Gasteiger partial charge in [-0.1, -0.05) is 30.3 Å². The van der Waals surface area contributed by atoms with Gasteiger partial charge >= 0.3 is 5.97 Å². The Morgan fingerprint density at radius 2 is 1.53 bits per heavy atom. The van der Waals surface area contributed by atoms with Crippen LogP contribution in [0, 0.1) is 29.1 Å². The van der Waals surface area contributed by atoms with Gasteiger partial charge in [-0.3, -0.25) is 4.79 Å². The molecule has 2 aromatic carbocycles. The maximum Gasteiger partial charge on any atom is 0.343 e. The Morgan fingerprint density at radius 1 is 1.00 bits per heavy atom. The molecule has 0 amide bonds. The van der Waals surface area contributed by atoms with E-state index in [0.717, 1.165) is 0 Å². The molecule has 0 fully saturated rings. The predicted molar refractivity (Wildman–Crippen MR) is 94.7 cm³/mol. The molecule has 5 nitrogen and oxygen atoms in total. The minimum Gasteiger partial charge on any atom is -0.462 e. The van der Waals surface area contributed by atoms with E-state index in [0.29, 0.717) is 11.8 Å². The van der Waals surface area contributed by atoms with Crippen molar-refractivity contribution in [2.45, 2.75) is 13.0 Å². The number of hydrogen-bond donors (Lipinski definition) is 2. The number of nitrogens with one attached hydrogen (secondary N) is 1. The fraction of sp³-hybridized carbons (Fsp3) is 0.200. The number of aliphatic hydroxyl groups excluding tert-OH is 1. The Kier molecular flexibility index (Phi) is 7.65. The second kappa shape index (κ2) is 9.97. The molecule has 2 rings (SSSR count). The largest absolute Gasteiger partial charge is 0.462 e. The van der Waals surface area contributed by atoms with Crippen LogP contribution in [0.2, 0.25) is 0 Å². The molecule has 0 aromatic heterocycles. The fourth-order valence-corrected chi connectivity index (χ4v) is 2.49. The highest BCUT2D eigenvalue weighted by Gasteiger charge is 2.33. The van der Waals surface area contributed by atoms with Crippen LogP contribution in [0.1, 0.15) is 28.9 Å². The summed E-state index contributed by atoms with van der Waals surface area (Å²) in [6.07, 6.45) is 0.701.